The largest absolute Gasteiger partial charge is 0.433 e. The molecule has 2 rings (SSSR count). The fraction of sp³-hybridized carbons (Fsp3) is 0.375. The summed E-state index contributed by atoms with van der Waals surface area (Å²) in [6, 6.07) is 2.38. The number of pyridine rings is 1. The topological polar surface area (TPSA) is 57.8 Å². The number of carbonyl (C=O) groups is 1. The van der Waals surface area contributed by atoms with Crippen molar-refractivity contribution in [3.63, 3.8) is 0 Å². The van der Waals surface area contributed by atoms with E-state index in [-0.39, 0.29) is 11.9 Å². The minimum absolute atomic E-state index is 0.0211. The molecule has 0 aromatic carbocycles. The van der Waals surface area contributed by atoms with E-state index in [0.29, 0.717) is 17.7 Å². The Labute approximate surface area is 132 Å². The normalized spacial score (nSPS) is 11.8. The van der Waals surface area contributed by atoms with Gasteiger partial charge in [-0.3, -0.25) is 9.78 Å². The van der Waals surface area contributed by atoms with E-state index in [1.165, 1.54) is 12.3 Å². The zero-order chi connectivity index (χ0) is 17.2. The second-order valence-electron chi connectivity index (χ2n) is 5.67. The van der Waals surface area contributed by atoms with Crippen LogP contribution < -0.4 is 5.32 Å². The second-order valence-corrected chi connectivity index (χ2v) is 5.67. The van der Waals surface area contributed by atoms with E-state index in [2.05, 4.69) is 15.3 Å². The first-order chi connectivity index (χ1) is 10.7. The summed E-state index contributed by atoms with van der Waals surface area (Å²) in [5.74, 6) is -0.200. The maximum Gasteiger partial charge on any atom is 0.433 e. The van der Waals surface area contributed by atoms with Gasteiger partial charge in [0.15, 0.2) is 0 Å². The van der Waals surface area contributed by atoms with Crippen molar-refractivity contribution in [1.29, 1.82) is 0 Å². The molecule has 2 aromatic rings. The Morgan fingerprint density at radius 2 is 2.04 bits per heavy atom. The van der Waals surface area contributed by atoms with Gasteiger partial charge in [0.05, 0.1) is 0 Å². The Bertz CT molecular complexity index is 688. The van der Waals surface area contributed by atoms with Crippen LogP contribution in [0.5, 0.6) is 0 Å². The molecule has 0 saturated heterocycles. The van der Waals surface area contributed by atoms with Crippen LogP contribution in [-0.2, 0) is 12.6 Å². The maximum absolute atomic E-state index is 12.5. The predicted octanol–water partition coefficient (Wildman–Crippen LogP) is 3.47. The van der Waals surface area contributed by atoms with E-state index >= 15 is 0 Å². The molecule has 0 bridgehead atoms. The van der Waals surface area contributed by atoms with Crippen LogP contribution in [0.3, 0.4) is 0 Å². The highest BCUT2D eigenvalue weighted by Gasteiger charge is 2.32. The molecule has 0 aliphatic rings. The number of rotatable bonds is 4. The first-order valence-electron chi connectivity index (χ1n) is 7.18. The monoisotopic (exact) mass is 325 g/mol. The lowest BCUT2D eigenvalue weighted by Crippen LogP contribution is -2.30. The summed E-state index contributed by atoms with van der Waals surface area (Å²) in [5, 5.41) is 2.79. The number of aromatic nitrogens is 2. The highest BCUT2D eigenvalue weighted by atomic mass is 19.4. The first kappa shape index (κ1) is 17.1. The number of H-pyrrole nitrogens is 1. The van der Waals surface area contributed by atoms with Crippen LogP contribution in [0.2, 0.25) is 0 Å². The minimum atomic E-state index is -4.44. The molecule has 23 heavy (non-hydrogen) atoms. The molecule has 2 N–H and O–H groups in total. The number of amides is 1. The van der Waals surface area contributed by atoms with Gasteiger partial charge in [0.2, 0.25) is 0 Å². The fourth-order valence-corrected chi connectivity index (χ4v) is 2.21. The molecule has 0 atom stereocenters. The molecule has 0 fully saturated rings. The van der Waals surface area contributed by atoms with E-state index in [1.54, 1.807) is 13.1 Å². The fourth-order valence-electron chi connectivity index (χ4n) is 2.21. The van der Waals surface area contributed by atoms with Crippen molar-refractivity contribution < 1.29 is 18.0 Å². The molecule has 0 saturated carbocycles. The van der Waals surface area contributed by atoms with Gasteiger partial charge in [-0.1, -0.05) is 6.07 Å². The van der Waals surface area contributed by atoms with E-state index < -0.39 is 11.9 Å². The van der Waals surface area contributed by atoms with Crippen molar-refractivity contribution in [3.8, 4) is 0 Å². The zero-order valence-electron chi connectivity index (χ0n) is 13.1. The molecule has 7 heteroatoms. The Morgan fingerprint density at radius 1 is 1.35 bits per heavy atom. The molecule has 0 aliphatic carbocycles. The van der Waals surface area contributed by atoms with Crippen molar-refractivity contribution in [2.24, 2.45) is 0 Å². The van der Waals surface area contributed by atoms with Gasteiger partial charge < -0.3 is 10.3 Å². The van der Waals surface area contributed by atoms with Gasteiger partial charge in [0, 0.05) is 24.9 Å². The summed E-state index contributed by atoms with van der Waals surface area (Å²) in [6.07, 6.45) is -1.13. The summed E-state index contributed by atoms with van der Waals surface area (Å²) in [5.41, 5.74) is 1.83. The quantitative estimate of drug-likeness (QED) is 0.904. The van der Waals surface area contributed by atoms with Crippen molar-refractivity contribution in [1.82, 2.24) is 15.3 Å². The van der Waals surface area contributed by atoms with Crippen LogP contribution in [0, 0.1) is 6.92 Å². The van der Waals surface area contributed by atoms with Gasteiger partial charge in [-0.2, -0.15) is 13.2 Å². The molecule has 4 nitrogen and oxygen atoms in total. The Morgan fingerprint density at radius 3 is 2.57 bits per heavy atom. The van der Waals surface area contributed by atoms with Crippen LogP contribution in [0.1, 0.15) is 46.7 Å². The summed E-state index contributed by atoms with van der Waals surface area (Å²) in [6.45, 7) is 5.54. The Hall–Kier alpha value is -2.31. The van der Waals surface area contributed by atoms with Gasteiger partial charge in [-0.25, -0.2) is 0 Å². The number of carbonyl (C=O) groups excluding carboxylic acids is 1. The third kappa shape index (κ3) is 4.12. The molecular weight excluding hydrogens is 307 g/mol. The number of aromatic amines is 1. The van der Waals surface area contributed by atoms with E-state index in [4.69, 9.17) is 0 Å². The number of hydrogen-bond acceptors (Lipinski definition) is 2. The average Bonchev–Trinajstić information content (AvgIpc) is 2.79. The lowest BCUT2D eigenvalue weighted by molar-refractivity contribution is -0.141. The van der Waals surface area contributed by atoms with Crippen molar-refractivity contribution >= 4 is 5.91 Å². The van der Waals surface area contributed by atoms with Gasteiger partial charge in [-0.05, 0) is 43.5 Å². The molecule has 0 aliphatic heterocycles. The highest BCUT2D eigenvalue weighted by Crippen LogP contribution is 2.27. The number of halogens is 3. The van der Waals surface area contributed by atoms with Crippen LogP contribution in [0.4, 0.5) is 13.2 Å². The van der Waals surface area contributed by atoms with Gasteiger partial charge in [0.1, 0.15) is 11.4 Å². The minimum Gasteiger partial charge on any atom is -0.357 e. The summed E-state index contributed by atoms with van der Waals surface area (Å²) < 4.78 is 37.5. The maximum atomic E-state index is 12.5. The smallest absolute Gasteiger partial charge is 0.357 e. The summed E-state index contributed by atoms with van der Waals surface area (Å²) in [4.78, 5) is 18.4. The lowest BCUT2D eigenvalue weighted by Gasteiger charge is -2.08. The molecular formula is C16H18F3N3O. The summed E-state index contributed by atoms with van der Waals surface area (Å²) >= 11 is 0. The molecule has 2 aromatic heterocycles. The van der Waals surface area contributed by atoms with E-state index in [1.807, 2.05) is 13.8 Å². The van der Waals surface area contributed by atoms with Crippen molar-refractivity contribution in [3.05, 3.63) is 52.6 Å². The molecule has 0 radical (unpaired) electrons. The Kier molecular flexibility index (Phi) is 4.77. The number of nitrogens with zero attached hydrogens (tertiary/aromatic N) is 1. The molecule has 0 unspecified atom stereocenters. The third-order valence-electron chi connectivity index (χ3n) is 3.40. The van der Waals surface area contributed by atoms with Crippen molar-refractivity contribution in [2.45, 2.75) is 39.4 Å². The number of alkyl halides is 3. The molecule has 2 heterocycles. The first-order valence-corrected chi connectivity index (χ1v) is 7.18. The number of nitrogens with one attached hydrogen (secondary N) is 2. The SMILES string of the molecule is Cc1c(Cc2ccc(C(F)(F)F)nc2)c[nH]c1C(=O)NC(C)C. The van der Waals surface area contributed by atoms with Crippen LogP contribution in [0.15, 0.2) is 24.5 Å². The second kappa shape index (κ2) is 6.44. The lowest BCUT2D eigenvalue weighted by atomic mass is 10.0. The number of hydrogen-bond donors (Lipinski definition) is 2. The van der Waals surface area contributed by atoms with Gasteiger partial charge in [0.25, 0.3) is 5.91 Å². The predicted molar refractivity (Wildman–Crippen MR) is 80.2 cm³/mol. The zero-order valence-corrected chi connectivity index (χ0v) is 13.1. The van der Waals surface area contributed by atoms with Crippen LogP contribution >= 0.6 is 0 Å². The van der Waals surface area contributed by atoms with Crippen LogP contribution in [0.25, 0.3) is 0 Å². The molecule has 1 amide bonds. The van der Waals surface area contributed by atoms with E-state index in [0.717, 1.165) is 17.2 Å². The highest BCUT2D eigenvalue weighted by molar-refractivity contribution is 5.94. The Balaban J connectivity index is 2.15. The average molecular weight is 325 g/mol. The van der Waals surface area contributed by atoms with Gasteiger partial charge in [-0.15, -0.1) is 0 Å². The third-order valence-corrected chi connectivity index (χ3v) is 3.40. The summed E-state index contributed by atoms with van der Waals surface area (Å²) in [7, 11) is 0. The molecule has 0 spiro atoms. The van der Waals surface area contributed by atoms with Crippen molar-refractivity contribution in [2.75, 3.05) is 0 Å². The molecule has 124 valence electrons. The van der Waals surface area contributed by atoms with Crippen LogP contribution in [-0.4, -0.2) is 21.9 Å². The van der Waals surface area contributed by atoms with E-state index in [9.17, 15) is 18.0 Å². The van der Waals surface area contributed by atoms with Gasteiger partial charge >= 0.3 is 6.18 Å². The standard InChI is InChI=1S/C16H18F3N3O/c1-9(2)22-15(23)14-10(3)12(8-21-14)6-11-4-5-13(20-7-11)16(17,18)19/h4-5,7-9,21H,6H2,1-3H3,(H,22,23).